The van der Waals surface area contributed by atoms with Gasteiger partial charge >= 0.3 is 0 Å². The van der Waals surface area contributed by atoms with Gasteiger partial charge in [-0.05, 0) is 61.3 Å². The fraction of sp³-hybridized carbons (Fsp3) is 0.381. The highest BCUT2D eigenvalue weighted by atomic mass is 19.2. The van der Waals surface area contributed by atoms with Crippen molar-refractivity contribution in [1.82, 2.24) is 4.98 Å². The largest absolute Gasteiger partial charge is 0.248 e. The van der Waals surface area contributed by atoms with Gasteiger partial charge in [0, 0.05) is 17.3 Å². The quantitative estimate of drug-likeness (QED) is 0.529. The second-order valence-corrected chi connectivity index (χ2v) is 6.49. The molecule has 0 amide bonds. The normalized spacial score (nSPS) is 20.3. The molecule has 0 bridgehead atoms. The van der Waals surface area contributed by atoms with Crippen LogP contribution in [0.5, 0.6) is 0 Å². The van der Waals surface area contributed by atoms with Crippen LogP contribution in [-0.4, -0.2) is 4.98 Å². The molecule has 3 rings (SSSR count). The van der Waals surface area contributed by atoms with Crippen LogP contribution in [0.3, 0.4) is 0 Å². The highest BCUT2D eigenvalue weighted by molar-refractivity contribution is 5.43. The molecule has 1 saturated carbocycles. The fourth-order valence-electron chi connectivity index (χ4n) is 3.38. The molecule has 0 spiro atoms. The van der Waals surface area contributed by atoms with Gasteiger partial charge in [-0.3, -0.25) is 0 Å². The topological polar surface area (TPSA) is 12.9 Å². The van der Waals surface area contributed by atoms with E-state index < -0.39 is 11.8 Å². The Bertz CT molecular complexity index is 748. The number of hydrogen-bond acceptors (Lipinski definition) is 1. The monoisotopic (exact) mass is 325 g/mol. The summed E-state index contributed by atoms with van der Waals surface area (Å²) in [7, 11) is 0. The van der Waals surface area contributed by atoms with Crippen LogP contribution >= 0.6 is 0 Å². The summed E-state index contributed by atoms with van der Waals surface area (Å²) in [6.45, 7) is 2.28. The molecule has 0 saturated heterocycles. The van der Waals surface area contributed by atoms with Gasteiger partial charge in [0.05, 0.1) is 0 Å². The summed E-state index contributed by atoms with van der Waals surface area (Å²) in [6.07, 6.45) is 7.72. The van der Waals surface area contributed by atoms with E-state index in [0.717, 1.165) is 17.5 Å². The highest BCUT2D eigenvalue weighted by Crippen LogP contribution is 2.36. The summed E-state index contributed by atoms with van der Waals surface area (Å²) in [6, 6.07) is 9.36. The number of aromatic nitrogens is 1. The Kier molecular flexibility index (Phi) is 5.25. The van der Waals surface area contributed by atoms with Crippen molar-refractivity contribution in [3.8, 4) is 11.8 Å². The minimum absolute atomic E-state index is 0.371. The van der Waals surface area contributed by atoms with E-state index >= 15 is 0 Å². The van der Waals surface area contributed by atoms with Crippen molar-refractivity contribution in [1.29, 1.82) is 0 Å². The molecule has 1 nitrogen and oxygen atoms in total. The Morgan fingerprint density at radius 3 is 2.29 bits per heavy atom. The maximum absolute atomic E-state index is 13.1. The molecule has 0 aliphatic heterocycles. The van der Waals surface area contributed by atoms with Crippen molar-refractivity contribution in [3.63, 3.8) is 0 Å². The van der Waals surface area contributed by atoms with Crippen molar-refractivity contribution in [2.45, 2.75) is 44.9 Å². The van der Waals surface area contributed by atoms with Crippen molar-refractivity contribution >= 4 is 0 Å². The summed E-state index contributed by atoms with van der Waals surface area (Å²) < 4.78 is 25.9. The number of benzene rings is 1. The summed E-state index contributed by atoms with van der Waals surface area (Å²) in [5.74, 6) is 5.29. The number of halogens is 2. The van der Waals surface area contributed by atoms with Crippen LogP contribution in [0.25, 0.3) is 0 Å². The predicted octanol–water partition coefficient (Wildman–Crippen LogP) is 5.44. The molecule has 0 N–H and O–H groups in total. The Balaban J connectivity index is 1.67. The SMILES string of the molecule is CC[C@H]1CC[C@H](c2ccc(C#Cc3cnc(F)c(F)c3)cc2)CC1. The van der Waals surface area contributed by atoms with Gasteiger partial charge in [-0.2, -0.15) is 4.39 Å². The van der Waals surface area contributed by atoms with E-state index in [1.54, 1.807) is 0 Å². The molecular weight excluding hydrogens is 304 g/mol. The van der Waals surface area contributed by atoms with E-state index in [4.69, 9.17) is 0 Å². The molecule has 0 unspecified atom stereocenters. The lowest BCUT2D eigenvalue weighted by Crippen LogP contribution is -2.12. The standard InChI is InChI=1S/C21H21F2N/c1-2-15-5-9-18(10-6-15)19-11-7-16(8-12-19)3-4-17-13-20(22)21(23)24-14-17/h7-8,11-15,18H,2,5-6,9-10H2,1H3/t15-,18-. The molecular formula is C21H21F2N. The second-order valence-electron chi connectivity index (χ2n) is 6.49. The number of hydrogen-bond donors (Lipinski definition) is 0. The molecule has 1 aromatic heterocycles. The van der Waals surface area contributed by atoms with Crippen LogP contribution in [0.4, 0.5) is 8.78 Å². The minimum Gasteiger partial charge on any atom is -0.224 e. The average Bonchev–Trinajstić information content (AvgIpc) is 2.63. The molecule has 24 heavy (non-hydrogen) atoms. The van der Waals surface area contributed by atoms with Crippen LogP contribution in [0.1, 0.15) is 61.6 Å². The van der Waals surface area contributed by atoms with E-state index in [1.807, 2.05) is 12.1 Å². The number of nitrogens with zero attached hydrogens (tertiary/aromatic N) is 1. The average molecular weight is 325 g/mol. The van der Waals surface area contributed by atoms with Crippen molar-refractivity contribution in [3.05, 3.63) is 65.0 Å². The lowest BCUT2D eigenvalue weighted by Gasteiger charge is -2.28. The van der Waals surface area contributed by atoms with Gasteiger partial charge in [0.15, 0.2) is 5.82 Å². The van der Waals surface area contributed by atoms with E-state index in [-0.39, 0.29) is 0 Å². The van der Waals surface area contributed by atoms with Gasteiger partial charge in [0.1, 0.15) is 0 Å². The molecule has 0 atom stereocenters. The number of rotatable bonds is 2. The van der Waals surface area contributed by atoms with Gasteiger partial charge < -0.3 is 0 Å². The Hall–Kier alpha value is -2.21. The predicted molar refractivity (Wildman–Crippen MR) is 91.6 cm³/mol. The summed E-state index contributed by atoms with van der Waals surface area (Å²) >= 11 is 0. The van der Waals surface area contributed by atoms with Crippen LogP contribution in [0.2, 0.25) is 0 Å². The van der Waals surface area contributed by atoms with Gasteiger partial charge in [-0.25, -0.2) is 9.37 Å². The Morgan fingerprint density at radius 1 is 1.00 bits per heavy atom. The summed E-state index contributed by atoms with van der Waals surface area (Å²) in [5.41, 5.74) is 2.62. The number of pyridine rings is 1. The lowest BCUT2D eigenvalue weighted by atomic mass is 9.78. The smallest absolute Gasteiger partial charge is 0.224 e. The van der Waals surface area contributed by atoms with E-state index in [1.165, 1.54) is 43.9 Å². The third kappa shape index (κ3) is 4.00. The zero-order valence-corrected chi connectivity index (χ0v) is 13.9. The van der Waals surface area contributed by atoms with Crippen molar-refractivity contribution < 1.29 is 8.78 Å². The van der Waals surface area contributed by atoms with E-state index in [0.29, 0.717) is 11.5 Å². The van der Waals surface area contributed by atoms with Crippen LogP contribution in [0.15, 0.2) is 36.5 Å². The Morgan fingerprint density at radius 2 is 1.67 bits per heavy atom. The first-order valence-corrected chi connectivity index (χ1v) is 8.58. The maximum Gasteiger partial charge on any atom is 0.248 e. The van der Waals surface area contributed by atoms with Gasteiger partial charge in [-0.15, -0.1) is 0 Å². The molecule has 1 aliphatic rings. The summed E-state index contributed by atoms with van der Waals surface area (Å²) in [4.78, 5) is 3.34. The zero-order chi connectivity index (χ0) is 16.9. The Labute approximate surface area is 142 Å². The first-order chi connectivity index (χ1) is 11.7. The highest BCUT2D eigenvalue weighted by Gasteiger charge is 2.20. The van der Waals surface area contributed by atoms with Crippen molar-refractivity contribution in [2.24, 2.45) is 5.92 Å². The summed E-state index contributed by atoms with van der Waals surface area (Å²) in [5, 5.41) is 0. The molecule has 1 aromatic carbocycles. The van der Waals surface area contributed by atoms with Crippen LogP contribution < -0.4 is 0 Å². The van der Waals surface area contributed by atoms with Crippen LogP contribution in [0, 0.1) is 29.5 Å². The van der Waals surface area contributed by atoms with Crippen molar-refractivity contribution in [2.75, 3.05) is 0 Å². The molecule has 1 aliphatic carbocycles. The molecule has 1 heterocycles. The molecule has 124 valence electrons. The molecule has 0 radical (unpaired) electrons. The second kappa shape index (κ2) is 7.57. The van der Waals surface area contributed by atoms with E-state index in [9.17, 15) is 8.78 Å². The fourth-order valence-corrected chi connectivity index (χ4v) is 3.38. The van der Waals surface area contributed by atoms with Gasteiger partial charge in [0.2, 0.25) is 5.95 Å². The molecule has 3 heteroatoms. The third-order valence-corrected chi connectivity index (χ3v) is 4.95. The van der Waals surface area contributed by atoms with E-state index in [2.05, 4.69) is 35.9 Å². The minimum atomic E-state index is -1.09. The lowest BCUT2D eigenvalue weighted by molar-refractivity contribution is 0.319. The first-order valence-electron chi connectivity index (χ1n) is 8.58. The van der Waals surface area contributed by atoms with Gasteiger partial charge in [-0.1, -0.05) is 37.3 Å². The molecule has 1 fully saturated rings. The van der Waals surface area contributed by atoms with Crippen LogP contribution in [-0.2, 0) is 0 Å². The zero-order valence-electron chi connectivity index (χ0n) is 13.9. The van der Waals surface area contributed by atoms with Gasteiger partial charge in [0.25, 0.3) is 0 Å². The third-order valence-electron chi connectivity index (χ3n) is 4.95. The molecule has 2 aromatic rings. The first kappa shape index (κ1) is 16.6. The maximum atomic E-state index is 13.1.